The number of halogens is 2. The summed E-state index contributed by atoms with van der Waals surface area (Å²) in [4.78, 5) is 17.6. The van der Waals surface area contributed by atoms with Gasteiger partial charge in [0.2, 0.25) is 5.91 Å². The molecule has 29 heavy (non-hydrogen) atoms. The second-order valence-electron chi connectivity index (χ2n) is 6.41. The number of thiocarbonyl (C=S) groups is 1. The van der Waals surface area contributed by atoms with Gasteiger partial charge in [0.15, 0.2) is 0 Å². The molecule has 0 saturated carbocycles. The molecule has 0 spiro atoms. The molecule has 1 heterocycles. The summed E-state index contributed by atoms with van der Waals surface area (Å²) in [6, 6.07) is 11.6. The summed E-state index contributed by atoms with van der Waals surface area (Å²) in [5.41, 5.74) is 1.37. The highest BCUT2D eigenvalue weighted by atomic mass is 79.9. The fourth-order valence-electron chi connectivity index (χ4n) is 3.35. The molecule has 0 aliphatic carbocycles. The number of hydrogen-bond acceptors (Lipinski definition) is 4. The van der Waals surface area contributed by atoms with Crippen LogP contribution in [0.15, 0.2) is 57.5 Å². The van der Waals surface area contributed by atoms with Gasteiger partial charge in [-0.1, -0.05) is 46.3 Å². The number of aliphatic imine (C=N–C) groups is 1. The first kappa shape index (κ1) is 21.0. The van der Waals surface area contributed by atoms with E-state index in [9.17, 15) is 9.18 Å². The second kappa shape index (κ2) is 8.78. The standard InChI is InChI=1S/C21H17BrFN3O2S/c1-11-18(20(27)26-16-5-3-4-6-17(16)28-2)19(14(10-24)21(29)25-11)13-8-7-12(22)9-15(13)23/h3-9,18-19,24H,1-2H3,(H,26,27). The molecular weight excluding hydrogens is 457 g/mol. The highest BCUT2D eigenvalue weighted by molar-refractivity contribution is 9.10. The number of ether oxygens (including phenoxy) is 1. The zero-order valence-electron chi connectivity index (χ0n) is 15.6. The zero-order chi connectivity index (χ0) is 21.1. The average molecular weight is 474 g/mol. The van der Waals surface area contributed by atoms with Gasteiger partial charge >= 0.3 is 0 Å². The lowest BCUT2D eigenvalue weighted by Crippen LogP contribution is -2.39. The van der Waals surface area contributed by atoms with E-state index >= 15 is 0 Å². The number of nitrogens with one attached hydrogen (secondary N) is 2. The Morgan fingerprint density at radius 2 is 2.07 bits per heavy atom. The fourth-order valence-corrected chi connectivity index (χ4v) is 4.01. The maximum absolute atomic E-state index is 14.8. The van der Waals surface area contributed by atoms with Crippen LogP contribution in [-0.2, 0) is 4.79 Å². The third kappa shape index (κ3) is 4.19. The molecule has 0 radical (unpaired) electrons. The monoisotopic (exact) mass is 473 g/mol. The van der Waals surface area contributed by atoms with Crippen LogP contribution < -0.4 is 10.1 Å². The molecule has 1 aliphatic rings. The lowest BCUT2D eigenvalue weighted by Gasteiger charge is -2.31. The largest absolute Gasteiger partial charge is 0.495 e. The van der Waals surface area contributed by atoms with Crippen LogP contribution in [0.2, 0.25) is 0 Å². The highest BCUT2D eigenvalue weighted by Gasteiger charge is 2.41. The Morgan fingerprint density at radius 3 is 2.72 bits per heavy atom. The minimum absolute atomic E-state index is 0.131. The summed E-state index contributed by atoms with van der Waals surface area (Å²) in [5, 5.41) is 10.5. The van der Waals surface area contributed by atoms with Crippen molar-refractivity contribution in [1.29, 1.82) is 5.41 Å². The lowest BCUT2D eigenvalue weighted by molar-refractivity contribution is -0.118. The number of anilines is 1. The van der Waals surface area contributed by atoms with Crippen molar-refractivity contribution in [3.8, 4) is 5.75 Å². The molecule has 2 unspecified atom stereocenters. The van der Waals surface area contributed by atoms with Gasteiger partial charge in [0.05, 0.1) is 24.3 Å². The summed E-state index contributed by atoms with van der Waals surface area (Å²) >= 11 is 8.51. The average Bonchev–Trinajstić information content (AvgIpc) is 2.68. The molecule has 0 fully saturated rings. The number of rotatable bonds is 4. The van der Waals surface area contributed by atoms with Crippen molar-refractivity contribution < 1.29 is 13.9 Å². The molecule has 2 N–H and O–H groups in total. The molecule has 5 nitrogen and oxygen atoms in total. The molecular formula is C21H17BrFN3O2S. The quantitative estimate of drug-likeness (QED) is 0.376. The van der Waals surface area contributed by atoms with E-state index in [4.69, 9.17) is 22.4 Å². The summed E-state index contributed by atoms with van der Waals surface area (Å²) in [7, 11) is 1.51. The van der Waals surface area contributed by atoms with E-state index in [1.165, 1.54) is 13.2 Å². The Morgan fingerprint density at radius 1 is 1.34 bits per heavy atom. The van der Waals surface area contributed by atoms with E-state index in [1.807, 2.05) is 0 Å². The number of carbonyl (C=O) groups is 1. The van der Waals surface area contributed by atoms with Crippen LogP contribution in [0.3, 0.4) is 0 Å². The smallest absolute Gasteiger partial charge is 0.234 e. The third-order valence-corrected chi connectivity index (χ3v) is 5.49. The normalized spacial score (nSPS) is 18.7. The van der Waals surface area contributed by atoms with E-state index in [1.54, 1.807) is 43.3 Å². The molecule has 2 atom stereocenters. The number of hydrogen-bond donors (Lipinski definition) is 2. The van der Waals surface area contributed by atoms with Gasteiger partial charge in [0, 0.05) is 16.1 Å². The minimum Gasteiger partial charge on any atom is -0.495 e. The van der Waals surface area contributed by atoms with Crippen LogP contribution in [0.25, 0.3) is 0 Å². The predicted molar refractivity (Wildman–Crippen MR) is 119 cm³/mol. The van der Waals surface area contributed by atoms with Crippen LogP contribution >= 0.6 is 28.1 Å². The maximum Gasteiger partial charge on any atom is 0.234 e. The van der Waals surface area contributed by atoms with Gasteiger partial charge in [-0.15, -0.1) is 0 Å². The van der Waals surface area contributed by atoms with Crippen LogP contribution in [-0.4, -0.2) is 29.6 Å². The van der Waals surface area contributed by atoms with Gasteiger partial charge in [-0.2, -0.15) is 0 Å². The van der Waals surface area contributed by atoms with Crippen molar-refractivity contribution in [3.05, 3.63) is 63.9 Å². The molecule has 0 aromatic heterocycles. The minimum atomic E-state index is -0.866. The summed E-state index contributed by atoms with van der Waals surface area (Å²) in [5.74, 6) is 0.169. The zero-order valence-corrected chi connectivity index (χ0v) is 18.0. The van der Waals surface area contributed by atoms with Crippen LogP contribution in [0.5, 0.6) is 5.75 Å². The lowest BCUT2D eigenvalue weighted by atomic mass is 9.76. The molecule has 1 amide bonds. The molecule has 0 bridgehead atoms. The van der Waals surface area contributed by atoms with Crippen molar-refractivity contribution >= 4 is 56.3 Å². The molecule has 1 aliphatic heterocycles. The van der Waals surface area contributed by atoms with E-state index < -0.39 is 23.6 Å². The van der Waals surface area contributed by atoms with Gasteiger partial charge in [-0.25, -0.2) is 9.38 Å². The molecule has 2 aromatic carbocycles. The first-order chi connectivity index (χ1) is 13.9. The second-order valence-corrected chi connectivity index (χ2v) is 7.71. The number of methoxy groups -OCH3 is 1. The third-order valence-electron chi connectivity index (χ3n) is 4.68. The van der Waals surface area contributed by atoms with E-state index in [-0.39, 0.29) is 16.1 Å². The Hall–Kier alpha value is -2.67. The molecule has 2 aromatic rings. The van der Waals surface area contributed by atoms with Crippen molar-refractivity contribution in [3.63, 3.8) is 0 Å². The predicted octanol–water partition coefficient (Wildman–Crippen LogP) is 4.91. The number of carbonyl (C=O) groups excluding carboxylic acids is 1. The van der Waals surface area contributed by atoms with Crippen molar-refractivity contribution in [2.24, 2.45) is 10.9 Å². The maximum atomic E-state index is 14.8. The molecule has 3 rings (SSSR count). The fraction of sp³-hybridized carbons (Fsp3) is 0.190. The van der Waals surface area contributed by atoms with Gasteiger partial charge in [0.25, 0.3) is 0 Å². The summed E-state index contributed by atoms with van der Waals surface area (Å²) < 4.78 is 20.7. The molecule has 148 valence electrons. The van der Waals surface area contributed by atoms with E-state index in [0.717, 1.165) is 0 Å². The van der Waals surface area contributed by atoms with Crippen LogP contribution in [0, 0.1) is 17.1 Å². The van der Waals surface area contributed by atoms with E-state index in [2.05, 4.69) is 32.1 Å². The topological polar surface area (TPSA) is 74.5 Å². The van der Waals surface area contributed by atoms with E-state index in [0.29, 0.717) is 21.6 Å². The summed E-state index contributed by atoms with van der Waals surface area (Å²) in [6.07, 6.45) is 0. The van der Waals surface area contributed by atoms with Gasteiger partial charge < -0.3 is 10.1 Å². The number of benzene rings is 2. The molecule has 8 heteroatoms. The van der Waals surface area contributed by atoms with Crippen molar-refractivity contribution in [2.75, 3.05) is 12.4 Å². The van der Waals surface area contributed by atoms with Crippen molar-refractivity contribution in [2.45, 2.75) is 12.8 Å². The number of nitrogens with zero attached hydrogens (tertiary/aromatic N) is 1. The molecule has 0 saturated heterocycles. The van der Waals surface area contributed by atoms with Gasteiger partial charge in [0.1, 0.15) is 16.6 Å². The Labute approximate surface area is 181 Å². The summed E-state index contributed by atoms with van der Waals surface area (Å²) in [6.45, 7) is 1.67. The first-order valence-corrected chi connectivity index (χ1v) is 9.85. The van der Waals surface area contributed by atoms with Gasteiger partial charge in [-0.3, -0.25) is 10.2 Å². The van der Waals surface area contributed by atoms with Gasteiger partial charge in [-0.05, 0) is 42.6 Å². The Balaban J connectivity index is 2.09. The van der Waals surface area contributed by atoms with Crippen molar-refractivity contribution in [1.82, 2.24) is 0 Å². The number of amides is 1. The highest BCUT2D eigenvalue weighted by Crippen LogP contribution is 2.39. The number of para-hydroxylation sites is 2. The van der Waals surface area contributed by atoms with Crippen LogP contribution in [0.1, 0.15) is 18.4 Å². The SMILES string of the molecule is COc1ccccc1NC(=O)C1C(C)=NC(=S)C(=C=N)C1c1ccc(Br)cc1F. The van der Waals surface area contributed by atoms with Crippen LogP contribution in [0.4, 0.5) is 10.1 Å². The Bertz CT molecular complexity index is 1080. The Kier molecular flexibility index (Phi) is 6.37. The first-order valence-electron chi connectivity index (χ1n) is 8.65.